The molecule has 82 valence electrons. The number of hydrogen-bond acceptors (Lipinski definition) is 3. The van der Waals surface area contributed by atoms with Crippen molar-refractivity contribution in [3.8, 4) is 11.5 Å². The first-order valence-electron chi connectivity index (χ1n) is 4.69. The molecule has 3 N–H and O–H groups in total. The average molecular weight is 227 g/mol. The molecular weight excluding hydrogens is 214 g/mol. The van der Waals surface area contributed by atoms with Crippen molar-refractivity contribution in [1.29, 1.82) is 0 Å². The summed E-state index contributed by atoms with van der Waals surface area (Å²) in [7, 11) is 0. The second kappa shape index (κ2) is 5.05. The Labute approximate surface area is 94.9 Å². The van der Waals surface area contributed by atoms with Gasteiger partial charge in [0.2, 0.25) is 0 Å². The van der Waals surface area contributed by atoms with E-state index >= 15 is 0 Å². The van der Waals surface area contributed by atoms with Gasteiger partial charge in [-0.1, -0.05) is 12.1 Å². The lowest BCUT2D eigenvalue weighted by Crippen LogP contribution is -3.00. The summed E-state index contributed by atoms with van der Waals surface area (Å²) in [5.74, 6) is -0.120. The van der Waals surface area contributed by atoms with Crippen LogP contribution in [0.5, 0.6) is 11.5 Å². The minimum Gasteiger partial charge on any atom is -1.00 e. The van der Waals surface area contributed by atoms with Gasteiger partial charge in [-0.2, -0.15) is 0 Å². The van der Waals surface area contributed by atoms with Gasteiger partial charge in [-0.3, -0.25) is 0 Å². The van der Waals surface area contributed by atoms with Gasteiger partial charge >= 0.3 is 0 Å². The first-order chi connectivity index (χ1) is 6.77. The molecule has 0 saturated carbocycles. The topological polar surface area (TPSA) is 52.5 Å². The fraction of sp³-hybridized carbons (Fsp3) is 0.273. The number of aromatic hydroxyl groups is 2. The van der Waals surface area contributed by atoms with Gasteiger partial charge in [0, 0.05) is 6.54 Å². The summed E-state index contributed by atoms with van der Waals surface area (Å²) in [6.07, 6.45) is 3.07. The minimum atomic E-state index is -0.0664. The Kier molecular flexibility index (Phi) is 4.00. The maximum absolute atomic E-state index is 9.34. The minimum absolute atomic E-state index is 0. The van der Waals surface area contributed by atoms with Crippen LogP contribution in [0.25, 0.3) is 5.57 Å². The highest BCUT2D eigenvalue weighted by atomic mass is 35.5. The smallest absolute Gasteiger partial charge is 0.157 e. The summed E-state index contributed by atoms with van der Waals surface area (Å²) in [4.78, 5) is 0. The highest BCUT2D eigenvalue weighted by Crippen LogP contribution is 2.29. The number of benzene rings is 1. The van der Waals surface area contributed by atoms with Crippen molar-refractivity contribution in [1.82, 2.24) is 5.32 Å². The van der Waals surface area contributed by atoms with E-state index in [1.807, 2.05) is 6.07 Å². The predicted molar refractivity (Wildman–Crippen MR) is 55.2 cm³/mol. The Bertz CT molecular complexity index is 377. The van der Waals surface area contributed by atoms with Gasteiger partial charge in [0.05, 0.1) is 0 Å². The molecule has 0 fully saturated rings. The fourth-order valence-electron chi connectivity index (χ4n) is 1.61. The van der Waals surface area contributed by atoms with Crippen LogP contribution in [0.1, 0.15) is 12.0 Å². The van der Waals surface area contributed by atoms with E-state index in [-0.39, 0.29) is 23.9 Å². The van der Waals surface area contributed by atoms with E-state index in [0.717, 1.165) is 25.1 Å². The van der Waals surface area contributed by atoms with Crippen LogP contribution >= 0.6 is 0 Å². The first-order valence-corrected chi connectivity index (χ1v) is 4.69. The monoisotopic (exact) mass is 226 g/mol. The van der Waals surface area contributed by atoms with E-state index < -0.39 is 0 Å². The lowest BCUT2D eigenvalue weighted by Gasteiger charge is -2.14. The van der Waals surface area contributed by atoms with Crippen LogP contribution in [0, 0.1) is 0 Å². The largest absolute Gasteiger partial charge is 1.00 e. The van der Waals surface area contributed by atoms with E-state index in [1.165, 1.54) is 11.6 Å². The predicted octanol–water partition coefficient (Wildman–Crippen LogP) is -1.52. The molecule has 1 heterocycles. The molecule has 0 radical (unpaired) electrons. The lowest BCUT2D eigenvalue weighted by molar-refractivity contribution is -0.00000463. The van der Waals surface area contributed by atoms with Gasteiger partial charge in [-0.05, 0) is 36.2 Å². The maximum atomic E-state index is 9.34. The molecule has 0 aromatic heterocycles. The van der Waals surface area contributed by atoms with Crippen molar-refractivity contribution in [2.45, 2.75) is 6.42 Å². The fourth-order valence-corrected chi connectivity index (χ4v) is 1.61. The highest BCUT2D eigenvalue weighted by molar-refractivity contribution is 5.68. The van der Waals surface area contributed by atoms with Crippen LogP contribution in [0.15, 0.2) is 24.3 Å². The molecule has 4 heteroatoms. The molecule has 1 aliphatic rings. The molecule has 0 unspecified atom stereocenters. The summed E-state index contributed by atoms with van der Waals surface area (Å²) in [6, 6.07) is 4.95. The zero-order valence-electron chi connectivity index (χ0n) is 8.20. The van der Waals surface area contributed by atoms with Crippen molar-refractivity contribution < 1.29 is 22.6 Å². The van der Waals surface area contributed by atoms with Crippen molar-refractivity contribution in [3.05, 3.63) is 29.8 Å². The normalized spacial score (nSPS) is 15.3. The number of rotatable bonds is 1. The summed E-state index contributed by atoms with van der Waals surface area (Å²) in [5, 5.41) is 21.7. The van der Waals surface area contributed by atoms with Gasteiger partial charge in [-0.15, -0.1) is 0 Å². The molecule has 0 spiro atoms. The number of nitrogens with one attached hydrogen (secondary N) is 1. The number of phenols is 2. The van der Waals surface area contributed by atoms with Crippen molar-refractivity contribution in [2.75, 3.05) is 13.1 Å². The van der Waals surface area contributed by atoms with Gasteiger partial charge in [-0.25, -0.2) is 0 Å². The molecule has 1 aliphatic heterocycles. The van der Waals surface area contributed by atoms with Gasteiger partial charge in [0.1, 0.15) is 0 Å². The zero-order chi connectivity index (χ0) is 9.97. The van der Waals surface area contributed by atoms with Crippen molar-refractivity contribution in [2.24, 2.45) is 0 Å². The van der Waals surface area contributed by atoms with Crippen LogP contribution in [0.3, 0.4) is 0 Å². The molecule has 1 aromatic rings. The highest BCUT2D eigenvalue weighted by Gasteiger charge is 2.07. The second-order valence-electron chi connectivity index (χ2n) is 3.39. The Morgan fingerprint density at radius 1 is 1.13 bits per heavy atom. The summed E-state index contributed by atoms with van der Waals surface area (Å²) < 4.78 is 0. The van der Waals surface area contributed by atoms with Gasteiger partial charge < -0.3 is 27.9 Å². The van der Waals surface area contributed by atoms with E-state index in [2.05, 4.69) is 11.4 Å². The van der Waals surface area contributed by atoms with Crippen LogP contribution in [-0.4, -0.2) is 23.3 Å². The number of phenolic OH excluding ortho intramolecular Hbond substituents is 2. The van der Waals surface area contributed by atoms with Crippen LogP contribution in [-0.2, 0) is 0 Å². The van der Waals surface area contributed by atoms with E-state index in [0.29, 0.717) is 0 Å². The molecule has 0 aliphatic carbocycles. The standard InChI is InChI=1S/C11H13NO2.ClH/c13-10-2-1-9(7-11(10)14)8-3-5-12-6-4-8;/h1-3,7,12-14H,4-6H2;1H/p-1. The van der Waals surface area contributed by atoms with E-state index in [1.54, 1.807) is 6.07 Å². The SMILES string of the molecule is Oc1ccc(C2=CCNCC2)cc1O.[Cl-]. The van der Waals surface area contributed by atoms with E-state index in [9.17, 15) is 5.11 Å². The maximum Gasteiger partial charge on any atom is 0.157 e. The second-order valence-corrected chi connectivity index (χ2v) is 3.39. The first kappa shape index (κ1) is 11.9. The molecule has 0 atom stereocenters. The Hall–Kier alpha value is -1.19. The third kappa shape index (κ3) is 2.64. The molecule has 0 amide bonds. The third-order valence-corrected chi connectivity index (χ3v) is 2.41. The molecular formula is C11H13ClNO2-. The molecule has 2 rings (SSSR count). The third-order valence-electron chi connectivity index (χ3n) is 2.41. The number of hydrogen-bond donors (Lipinski definition) is 3. The molecule has 3 nitrogen and oxygen atoms in total. The summed E-state index contributed by atoms with van der Waals surface area (Å²) >= 11 is 0. The number of halogens is 1. The Morgan fingerprint density at radius 3 is 2.53 bits per heavy atom. The zero-order valence-corrected chi connectivity index (χ0v) is 8.96. The van der Waals surface area contributed by atoms with Gasteiger partial charge in [0.15, 0.2) is 11.5 Å². The van der Waals surface area contributed by atoms with Crippen LogP contribution in [0.2, 0.25) is 0 Å². The van der Waals surface area contributed by atoms with Gasteiger partial charge in [0.25, 0.3) is 0 Å². The quantitative estimate of drug-likeness (QED) is 0.510. The van der Waals surface area contributed by atoms with Crippen molar-refractivity contribution in [3.63, 3.8) is 0 Å². The van der Waals surface area contributed by atoms with Crippen molar-refractivity contribution >= 4 is 5.57 Å². The van der Waals surface area contributed by atoms with Crippen LogP contribution < -0.4 is 17.7 Å². The van der Waals surface area contributed by atoms with Crippen LogP contribution in [0.4, 0.5) is 0 Å². The molecule has 15 heavy (non-hydrogen) atoms. The summed E-state index contributed by atoms with van der Waals surface area (Å²) in [6.45, 7) is 1.84. The average Bonchev–Trinajstić information content (AvgIpc) is 2.23. The molecule has 0 bridgehead atoms. The molecule has 0 saturated heterocycles. The van der Waals surface area contributed by atoms with E-state index in [4.69, 9.17) is 5.11 Å². The molecule has 1 aromatic carbocycles. The Balaban J connectivity index is 0.00000112. The lowest BCUT2D eigenvalue weighted by atomic mass is 10.00. The summed E-state index contributed by atoms with van der Waals surface area (Å²) in [5.41, 5.74) is 2.21. The Morgan fingerprint density at radius 2 is 1.93 bits per heavy atom.